The number of alkyl halides is 3. The second-order valence-corrected chi connectivity index (χ2v) is 9.61. The second-order valence-electron chi connectivity index (χ2n) is 7.84. The van der Waals surface area contributed by atoms with Gasteiger partial charge in [0.05, 0.1) is 16.2 Å². The summed E-state index contributed by atoms with van der Waals surface area (Å²) in [5, 5.41) is 0. The Balaban J connectivity index is 1.56. The molecule has 1 aliphatic rings. The van der Waals surface area contributed by atoms with Gasteiger partial charge < -0.3 is 9.88 Å². The Labute approximate surface area is 187 Å². The van der Waals surface area contributed by atoms with Crippen molar-refractivity contribution in [3.8, 4) is 11.3 Å². The van der Waals surface area contributed by atoms with Crippen molar-refractivity contribution in [2.24, 2.45) is 0 Å². The first-order valence-electron chi connectivity index (χ1n) is 10.0. The Kier molecular flexibility index (Phi) is 5.95. The molecule has 3 aromatic rings. The maximum absolute atomic E-state index is 14.2. The fourth-order valence-corrected chi connectivity index (χ4v) is 5.04. The van der Waals surface area contributed by atoms with Gasteiger partial charge in [-0.2, -0.15) is 13.2 Å². The summed E-state index contributed by atoms with van der Waals surface area (Å²) in [4.78, 5) is 4.81. The molecule has 0 unspecified atom stereocenters. The number of rotatable bonds is 5. The molecular weight excluding hydrogens is 465 g/mol. The lowest BCUT2D eigenvalue weighted by Crippen LogP contribution is -2.34. The maximum atomic E-state index is 14.2. The molecule has 33 heavy (non-hydrogen) atoms. The minimum absolute atomic E-state index is 0.129. The van der Waals surface area contributed by atoms with Crippen LogP contribution in [0.15, 0.2) is 47.4 Å². The molecule has 5 nitrogen and oxygen atoms in total. The molecule has 0 amide bonds. The van der Waals surface area contributed by atoms with Gasteiger partial charge in [-0.15, -0.1) is 0 Å². The summed E-state index contributed by atoms with van der Waals surface area (Å²) >= 11 is 0. The Morgan fingerprint density at radius 1 is 1.09 bits per heavy atom. The first kappa shape index (κ1) is 23.2. The molecule has 2 heterocycles. The molecule has 2 aromatic carbocycles. The van der Waals surface area contributed by atoms with Crippen LogP contribution >= 0.6 is 0 Å². The zero-order chi connectivity index (χ0) is 24.0. The quantitative estimate of drug-likeness (QED) is 0.517. The van der Waals surface area contributed by atoms with Crippen LogP contribution in [0.25, 0.3) is 11.3 Å². The molecule has 0 bridgehead atoms. The highest BCUT2D eigenvalue weighted by Crippen LogP contribution is 2.33. The van der Waals surface area contributed by atoms with Gasteiger partial charge in [-0.3, -0.25) is 0 Å². The third-order valence-corrected chi connectivity index (χ3v) is 6.90. The molecule has 4 rings (SSSR count). The molecule has 176 valence electrons. The third-order valence-electron chi connectivity index (χ3n) is 5.50. The van der Waals surface area contributed by atoms with E-state index in [1.54, 1.807) is 23.8 Å². The standard InChI is InChI=1S/C22H20F5N3O2S/c1-13-9-15(33(31,32)28-12-22(25,26)27)5-6-20(13)30-8-7-18-14(11-30)10-19(29-18)21-16(23)3-2-4-17(21)24/h2-6,9-10,28-29H,7-8,11-12H2,1H3. The average Bonchev–Trinajstić information content (AvgIpc) is 3.14. The average molecular weight is 485 g/mol. The van der Waals surface area contributed by atoms with Crippen molar-refractivity contribution in [2.75, 3.05) is 18.0 Å². The van der Waals surface area contributed by atoms with Gasteiger partial charge >= 0.3 is 6.18 Å². The van der Waals surface area contributed by atoms with Gasteiger partial charge in [0.1, 0.15) is 18.2 Å². The highest BCUT2D eigenvalue weighted by molar-refractivity contribution is 7.89. The van der Waals surface area contributed by atoms with E-state index < -0.39 is 34.4 Å². The molecule has 0 saturated carbocycles. The molecule has 0 saturated heterocycles. The van der Waals surface area contributed by atoms with Crippen molar-refractivity contribution in [1.29, 1.82) is 0 Å². The first-order chi connectivity index (χ1) is 15.4. The summed E-state index contributed by atoms with van der Waals surface area (Å²) in [5.41, 5.74) is 3.21. The van der Waals surface area contributed by atoms with E-state index in [0.29, 0.717) is 30.8 Å². The summed E-state index contributed by atoms with van der Waals surface area (Å²) in [5.74, 6) is -1.34. The van der Waals surface area contributed by atoms with Gasteiger partial charge in [-0.1, -0.05) is 6.07 Å². The van der Waals surface area contributed by atoms with Crippen LogP contribution in [0.4, 0.5) is 27.6 Å². The number of hydrogen-bond donors (Lipinski definition) is 2. The van der Waals surface area contributed by atoms with E-state index in [2.05, 4.69) is 4.98 Å². The molecular formula is C22H20F5N3O2S. The number of hydrogen-bond acceptors (Lipinski definition) is 3. The van der Waals surface area contributed by atoms with Crippen LogP contribution < -0.4 is 9.62 Å². The molecule has 0 spiro atoms. The summed E-state index contributed by atoms with van der Waals surface area (Å²) in [6, 6.07) is 9.49. The summed E-state index contributed by atoms with van der Waals surface area (Å²) < 4.78 is 91.4. The number of aromatic nitrogens is 1. The summed E-state index contributed by atoms with van der Waals surface area (Å²) in [6.45, 7) is 1.00. The predicted octanol–water partition coefficient (Wildman–Crippen LogP) is 4.67. The number of sulfonamides is 1. The van der Waals surface area contributed by atoms with E-state index in [1.807, 2.05) is 4.90 Å². The Morgan fingerprint density at radius 3 is 2.42 bits per heavy atom. The van der Waals surface area contributed by atoms with E-state index in [0.717, 1.165) is 16.9 Å². The molecule has 1 aromatic heterocycles. The lowest BCUT2D eigenvalue weighted by molar-refractivity contribution is -0.121. The fraction of sp³-hybridized carbons (Fsp3) is 0.273. The van der Waals surface area contributed by atoms with Gasteiger partial charge in [-0.05, 0) is 54.4 Å². The number of fused-ring (bicyclic) bond motifs is 1. The molecule has 0 radical (unpaired) electrons. The largest absolute Gasteiger partial charge is 0.402 e. The summed E-state index contributed by atoms with van der Waals surface area (Å²) in [7, 11) is -4.31. The molecule has 2 N–H and O–H groups in total. The van der Waals surface area contributed by atoms with Crippen LogP contribution in [-0.4, -0.2) is 32.7 Å². The molecule has 0 atom stereocenters. The minimum atomic E-state index is -4.66. The Bertz CT molecular complexity index is 1280. The third kappa shape index (κ3) is 4.88. The zero-order valence-corrected chi connectivity index (χ0v) is 18.2. The van der Waals surface area contributed by atoms with Gasteiger partial charge in [0.25, 0.3) is 0 Å². The van der Waals surface area contributed by atoms with E-state index >= 15 is 0 Å². The molecule has 0 fully saturated rings. The van der Waals surface area contributed by atoms with Gasteiger partial charge in [0, 0.05) is 30.9 Å². The number of anilines is 1. The van der Waals surface area contributed by atoms with E-state index in [4.69, 9.17) is 0 Å². The normalized spacial score (nSPS) is 14.4. The van der Waals surface area contributed by atoms with Crippen LogP contribution in [0.5, 0.6) is 0 Å². The molecule has 1 aliphatic heterocycles. The van der Waals surface area contributed by atoms with Crippen molar-refractivity contribution in [3.05, 3.63) is 70.9 Å². The number of aromatic amines is 1. The van der Waals surface area contributed by atoms with Gasteiger partial charge in [0.2, 0.25) is 10.0 Å². The Hall–Kier alpha value is -2.92. The number of halogens is 5. The van der Waals surface area contributed by atoms with Crippen molar-refractivity contribution in [2.45, 2.75) is 31.0 Å². The smallest absolute Gasteiger partial charge is 0.367 e. The number of nitrogens with zero attached hydrogens (tertiary/aromatic N) is 1. The lowest BCUT2D eigenvalue weighted by atomic mass is 10.0. The van der Waals surface area contributed by atoms with E-state index in [9.17, 15) is 30.4 Å². The minimum Gasteiger partial charge on any atom is -0.367 e. The van der Waals surface area contributed by atoms with Crippen molar-refractivity contribution < 1.29 is 30.4 Å². The number of benzene rings is 2. The summed E-state index contributed by atoms with van der Waals surface area (Å²) in [6.07, 6.45) is -4.09. The number of nitrogens with one attached hydrogen (secondary N) is 2. The van der Waals surface area contributed by atoms with E-state index in [-0.39, 0.29) is 10.5 Å². The second kappa shape index (κ2) is 8.45. The number of H-pyrrole nitrogens is 1. The Morgan fingerprint density at radius 2 is 1.79 bits per heavy atom. The first-order valence-corrected chi connectivity index (χ1v) is 11.5. The van der Waals surface area contributed by atoms with Crippen molar-refractivity contribution in [3.63, 3.8) is 0 Å². The highest BCUT2D eigenvalue weighted by Gasteiger charge is 2.30. The van der Waals surface area contributed by atoms with Crippen LogP contribution in [0.3, 0.4) is 0 Å². The SMILES string of the molecule is Cc1cc(S(=O)(=O)NCC(F)(F)F)ccc1N1CCc2[nH]c(-c3c(F)cccc3F)cc2C1. The topological polar surface area (TPSA) is 65.2 Å². The number of aryl methyl sites for hydroxylation is 1. The fourth-order valence-electron chi connectivity index (χ4n) is 3.94. The predicted molar refractivity (Wildman–Crippen MR) is 113 cm³/mol. The van der Waals surface area contributed by atoms with Gasteiger partial charge in [-0.25, -0.2) is 21.9 Å². The molecule has 0 aliphatic carbocycles. The van der Waals surface area contributed by atoms with Crippen molar-refractivity contribution in [1.82, 2.24) is 9.71 Å². The van der Waals surface area contributed by atoms with Crippen LogP contribution in [0.1, 0.15) is 16.8 Å². The van der Waals surface area contributed by atoms with Crippen LogP contribution in [0, 0.1) is 18.6 Å². The monoisotopic (exact) mass is 485 g/mol. The van der Waals surface area contributed by atoms with Crippen LogP contribution in [0.2, 0.25) is 0 Å². The van der Waals surface area contributed by atoms with Gasteiger partial charge in [0.15, 0.2) is 0 Å². The lowest BCUT2D eigenvalue weighted by Gasteiger charge is -2.30. The highest BCUT2D eigenvalue weighted by atomic mass is 32.2. The molecule has 11 heteroatoms. The maximum Gasteiger partial charge on any atom is 0.402 e. The zero-order valence-electron chi connectivity index (χ0n) is 17.4. The van der Waals surface area contributed by atoms with Crippen LogP contribution in [-0.2, 0) is 23.0 Å². The van der Waals surface area contributed by atoms with Crippen molar-refractivity contribution >= 4 is 15.7 Å². The van der Waals surface area contributed by atoms with E-state index in [1.165, 1.54) is 30.3 Å².